The Morgan fingerprint density at radius 1 is 0.972 bits per heavy atom. The minimum absolute atomic E-state index is 0.0483. The fraction of sp³-hybridized carbons (Fsp3) is 0.409. The quantitative estimate of drug-likeness (QED) is 0.133. The van der Waals surface area contributed by atoms with Gasteiger partial charge in [0.25, 0.3) is 0 Å². The van der Waals surface area contributed by atoms with Crippen LogP contribution in [0.2, 0.25) is 0 Å². The van der Waals surface area contributed by atoms with Gasteiger partial charge in [0.1, 0.15) is 24.2 Å². The van der Waals surface area contributed by atoms with E-state index in [9.17, 15) is 34.2 Å². The van der Waals surface area contributed by atoms with E-state index in [4.69, 9.17) is 16.6 Å². The Hall–Kier alpha value is -4.01. The summed E-state index contributed by atoms with van der Waals surface area (Å²) in [6, 6.07) is 1.29. The molecule has 5 atom stereocenters. The molecule has 0 fully saturated rings. The molecule has 2 aromatic rings. The first-order valence-electron chi connectivity index (χ1n) is 11.0. The van der Waals surface area contributed by atoms with Crippen molar-refractivity contribution in [1.29, 1.82) is 0 Å². The summed E-state index contributed by atoms with van der Waals surface area (Å²) in [7, 11) is 0. The zero-order valence-electron chi connectivity index (χ0n) is 19.4. The van der Waals surface area contributed by atoms with Gasteiger partial charge in [0, 0.05) is 23.5 Å². The van der Waals surface area contributed by atoms with E-state index in [0.29, 0.717) is 5.56 Å². The van der Waals surface area contributed by atoms with Crippen molar-refractivity contribution in [3.8, 4) is 0 Å². The van der Waals surface area contributed by atoms with Gasteiger partial charge >= 0.3 is 5.97 Å². The fourth-order valence-corrected chi connectivity index (χ4v) is 3.36. The molecule has 5 unspecified atom stereocenters. The number of nitrogens with one attached hydrogen (secondary N) is 4. The van der Waals surface area contributed by atoms with Crippen LogP contribution in [0.15, 0.2) is 30.5 Å². The van der Waals surface area contributed by atoms with Crippen LogP contribution < -0.4 is 27.4 Å². The summed E-state index contributed by atoms with van der Waals surface area (Å²) >= 11 is 0. The number of H-pyrrole nitrogens is 1. The maximum absolute atomic E-state index is 13.1. The van der Waals surface area contributed by atoms with Crippen molar-refractivity contribution in [2.24, 2.45) is 11.5 Å². The van der Waals surface area contributed by atoms with E-state index in [-0.39, 0.29) is 6.42 Å². The number of aromatic nitrogens is 1. The third-order valence-corrected chi connectivity index (χ3v) is 5.39. The molecule has 0 spiro atoms. The highest BCUT2D eigenvalue weighted by molar-refractivity contribution is 5.95. The number of benzene rings is 1. The number of hydrogen-bond donors (Lipinski definition) is 9. The minimum Gasteiger partial charge on any atom is -0.480 e. The van der Waals surface area contributed by atoms with Crippen LogP contribution in [0.1, 0.15) is 18.9 Å². The fourth-order valence-electron chi connectivity index (χ4n) is 3.36. The second-order valence-electron chi connectivity index (χ2n) is 8.20. The Balaban J connectivity index is 2.24. The molecule has 4 amide bonds. The molecule has 1 heterocycles. The van der Waals surface area contributed by atoms with Gasteiger partial charge in [-0.1, -0.05) is 18.2 Å². The molecule has 36 heavy (non-hydrogen) atoms. The van der Waals surface area contributed by atoms with Gasteiger partial charge in [-0.15, -0.1) is 0 Å². The van der Waals surface area contributed by atoms with Crippen LogP contribution in [0.5, 0.6) is 0 Å². The van der Waals surface area contributed by atoms with E-state index in [0.717, 1.165) is 10.9 Å². The van der Waals surface area contributed by atoms with E-state index in [1.54, 1.807) is 18.3 Å². The summed E-state index contributed by atoms with van der Waals surface area (Å²) in [5, 5.41) is 35.9. The molecule has 1 aromatic carbocycles. The Morgan fingerprint density at radius 2 is 1.56 bits per heavy atom. The molecule has 0 aliphatic rings. The van der Waals surface area contributed by atoms with E-state index < -0.39 is 72.9 Å². The summed E-state index contributed by atoms with van der Waals surface area (Å²) in [6.45, 7) is 0.386. The van der Waals surface area contributed by atoms with E-state index in [2.05, 4.69) is 15.6 Å². The smallest absolute Gasteiger partial charge is 0.326 e. The summed E-state index contributed by atoms with van der Waals surface area (Å²) < 4.78 is 0. The number of amides is 4. The predicted octanol–water partition coefficient (Wildman–Crippen LogP) is -3.17. The number of rotatable bonds is 13. The predicted molar refractivity (Wildman–Crippen MR) is 126 cm³/mol. The van der Waals surface area contributed by atoms with Crippen LogP contribution in [-0.2, 0) is 30.4 Å². The lowest BCUT2D eigenvalue weighted by Crippen LogP contribution is -2.59. The van der Waals surface area contributed by atoms with Gasteiger partial charge in [0.05, 0.1) is 19.1 Å². The number of aliphatic hydroxyl groups excluding tert-OH is 2. The van der Waals surface area contributed by atoms with Crippen molar-refractivity contribution in [3.63, 3.8) is 0 Å². The van der Waals surface area contributed by atoms with Gasteiger partial charge in [-0.2, -0.15) is 0 Å². The van der Waals surface area contributed by atoms with Gasteiger partial charge < -0.3 is 47.7 Å². The standard InChI is InChI=1S/C22H30N6O8/c1-10(30)18(24)21(34)26-14(6-11-8-25-13-5-3-2-4-12(11)13)19(32)28-16(9-29)20(33)27-15(22(35)36)7-17(23)31/h2-5,8,10,14-16,18,25,29-30H,6-7,9,24H2,1H3,(H2,23,31)(H,26,34)(H,27,33)(H,28,32)(H,35,36). The molecule has 11 N–H and O–H groups in total. The number of fused-ring (bicyclic) bond motifs is 1. The Kier molecular flexibility index (Phi) is 9.90. The molecular weight excluding hydrogens is 476 g/mol. The lowest BCUT2D eigenvalue weighted by molar-refractivity contribution is -0.144. The lowest BCUT2D eigenvalue weighted by atomic mass is 10.0. The molecule has 0 bridgehead atoms. The second kappa shape index (κ2) is 12.6. The first-order chi connectivity index (χ1) is 16.9. The zero-order chi connectivity index (χ0) is 27.0. The highest BCUT2D eigenvalue weighted by atomic mass is 16.4. The van der Waals surface area contributed by atoms with E-state index in [1.807, 2.05) is 17.4 Å². The molecule has 0 saturated carbocycles. The normalized spacial score (nSPS) is 15.2. The number of carboxylic acids is 1. The van der Waals surface area contributed by atoms with Crippen molar-refractivity contribution < 1.29 is 39.3 Å². The monoisotopic (exact) mass is 506 g/mol. The average Bonchev–Trinajstić information content (AvgIpc) is 3.23. The van der Waals surface area contributed by atoms with Gasteiger partial charge in [-0.3, -0.25) is 19.2 Å². The van der Waals surface area contributed by atoms with Crippen LogP contribution in [0.4, 0.5) is 0 Å². The van der Waals surface area contributed by atoms with Crippen LogP contribution >= 0.6 is 0 Å². The van der Waals surface area contributed by atoms with Crippen LogP contribution in [0.25, 0.3) is 10.9 Å². The Morgan fingerprint density at radius 3 is 2.14 bits per heavy atom. The van der Waals surface area contributed by atoms with E-state index >= 15 is 0 Å². The molecule has 2 rings (SSSR count). The molecule has 0 radical (unpaired) electrons. The summed E-state index contributed by atoms with van der Waals surface area (Å²) in [5.74, 6) is -5.33. The maximum Gasteiger partial charge on any atom is 0.326 e. The first kappa shape index (κ1) is 28.2. The SMILES string of the molecule is CC(O)C(N)C(=O)NC(Cc1c[nH]c2ccccc12)C(=O)NC(CO)C(=O)NC(CC(N)=O)C(=O)O. The number of nitrogens with two attached hydrogens (primary N) is 2. The minimum atomic E-state index is -1.67. The number of primary amides is 1. The van der Waals surface area contributed by atoms with Crippen molar-refractivity contribution in [1.82, 2.24) is 20.9 Å². The lowest BCUT2D eigenvalue weighted by Gasteiger charge is -2.24. The van der Waals surface area contributed by atoms with Gasteiger partial charge in [0.2, 0.25) is 23.6 Å². The number of carboxylic acid groups (broad SMARTS) is 1. The number of carbonyl (C=O) groups is 5. The van der Waals surface area contributed by atoms with Crippen LogP contribution in [0, 0.1) is 0 Å². The van der Waals surface area contributed by atoms with Gasteiger partial charge in [0.15, 0.2) is 0 Å². The van der Waals surface area contributed by atoms with Crippen LogP contribution in [0.3, 0.4) is 0 Å². The number of aliphatic carboxylic acids is 1. The van der Waals surface area contributed by atoms with Crippen molar-refractivity contribution in [2.75, 3.05) is 6.61 Å². The number of aromatic amines is 1. The number of aliphatic hydroxyl groups is 2. The highest BCUT2D eigenvalue weighted by Crippen LogP contribution is 2.19. The maximum atomic E-state index is 13.1. The molecule has 196 valence electrons. The van der Waals surface area contributed by atoms with E-state index in [1.165, 1.54) is 6.92 Å². The Labute approximate surface area is 205 Å². The number of carbonyl (C=O) groups excluding carboxylic acids is 4. The van der Waals surface area contributed by atoms with Gasteiger partial charge in [-0.05, 0) is 18.6 Å². The zero-order valence-corrected chi connectivity index (χ0v) is 19.4. The number of para-hydroxylation sites is 1. The summed E-state index contributed by atoms with van der Waals surface area (Å²) in [6.07, 6.45) is -0.323. The third-order valence-electron chi connectivity index (χ3n) is 5.39. The molecule has 14 nitrogen and oxygen atoms in total. The van der Waals surface area contributed by atoms with Crippen molar-refractivity contribution in [3.05, 3.63) is 36.0 Å². The largest absolute Gasteiger partial charge is 0.480 e. The molecule has 0 aliphatic carbocycles. The topological polar surface area (TPSA) is 250 Å². The molecule has 0 aliphatic heterocycles. The Bertz CT molecular complexity index is 1120. The molecule has 1 aromatic heterocycles. The molecule has 14 heteroatoms. The highest BCUT2D eigenvalue weighted by Gasteiger charge is 2.31. The molecular formula is C22H30N6O8. The average molecular weight is 507 g/mol. The van der Waals surface area contributed by atoms with Crippen molar-refractivity contribution >= 4 is 40.5 Å². The summed E-state index contributed by atoms with van der Waals surface area (Å²) in [5.41, 5.74) is 12.1. The summed E-state index contributed by atoms with van der Waals surface area (Å²) in [4.78, 5) is 63.4. The second-order valence-corrected chi connectivity index (χ2v) is 8.20. The van der Waals surface area contributed by atoms with Crippen molar-refractivity contribution in [2.45, 2.75) is 50.0 Å². The van der Waals surface area contributed by atoms with Crippen LogP contribution in [-0.4, -0.2) is 86.8 Å². The van der Waals surface area contributed by atoms with Gasteiger partial charge in [-0.25, -0.2) is 4.79 Å². The number of hydrogen-bond acceptors (Lipinski definition) is 8. The first-order valence-corrected chi connectivity index (χ1v) is 11.0. The molecule has 0 saturated heterocycles. The third kappa shape index (κ3) is 7.49.